The summed E-state index contributed by atoms with van der Waals surface area (Å²) in [5.74, 6) is -1.75. The highest BCUT2D eigenvalue weighted by Crippen LogP contribution is 2.01. The molecule has 3 amide bonds. The molecular weight excluding hydrogens is 188 g/mol. The van der Waals surface area contributed by atoms with Gasteiger partial charge in [0.15, 0.2) is 0 Å². The van der Waals surface area contributed by atoms with Crippen molar-refractivity contribution in [1.29, 1.82) is 0 Å². The number of Topliss-reactive ketones (excluding diaryl/α,β-unsaturated/α-hetero) is 1. The summed E-state index contributed by atoms with van der Waals surface area (Å²) in [7, 11) is 0. The number of carbonyl (C=O) groups is 4. The van der Waals surface area contributed by atoms with Crippen LogP contribution in [0.4, 0.5) is 0 Å². The molecule has 0 aromatic rings. The van der Waals surface area contributed by atoms with Crippen LogP contribution in [-0.4, -0.2) is 29.5 Å². The topological polar surface area (TPSA) is 92.3 Å². The molecule has 1 unspecified atom stereocenters. The van der Waals surface area contributed by atoms with Crippen LogP contribution >= 0.6 is 0 Å². The minimum atomic E-state index is -0.825. The molecule has 1 aliphatic heterocycles. The van der Waals surface area contributed by atoms with E-state index in [1.807, 2.05) is 5.32 Å². The maximum absolute atomic E-state index is 11.0. The molecule has 76 valence electrons. The van der Waals surface area contributed by atoms with Gasteiger partial charge >= 0.3 is 0 Å². The van der Waals surface area contributed by atoms with Crippen molar-refractivity contribution in [2.45, 2.75) is 25.8 Å². The van der Waals surface area contributed by atoms with E-state index >= 15 is 0 Å². The van der Waals surface area contributed by atoms with Crippen molar-refractivity contribution in [3.8, 4) is 0 Å². The van der Waals surface area contributed by atoms with Crippen molar-refractivity contribution in [3.05, 3.63) is 0 Å². The van der Waals surface area contributed by atoms with Gasteiger partial charge in [-0.15, -0.1) is 0 Å². The van der Waals surface area contributed by atoms with Gasteiger partial charge in [-0.3, -0.25) is 24.5 Å². The molecule has 6 heteroatoms. The van der Waals surface area contributed by atoms with E-state index in [1.54, 1.807) is 0 Å². The molecule has 0 spiro atoms. The van der Waals surface area contributed by atoms with Crippen molar-refractivity contribution >= 4 is 23.5 Å². The lowest BCUT2D eigenvalue weighted by atomic mass is 10.2. The highest BCUT2D eigenvalue weighted by molar-refractivity contribution is 6.07. The minimum absolute atomic E-state index is 0.0531. The van der Waals surface area contributed by atoms with Crippen LogP contribution in [-0.2, 0) is 19.2 Å². The lowest BCUT2D eigenvalue weighted by Crippen LogP contribution is -2.40. The number of ketones is 1. The van der Waals surface area contributed by atoms with Gasteiger partial charge in [0, 0.05) is 0 Å². The van der Waals surface area contributed by atoms with Crippen molar-refractivity contribution < 1.29 is 19.2 Å². The average molecular weight is 198 g/mol. The summed E-state index contributed by atoms with van der Waals surface area (Å²) in [6.45, 7) is 1.28. The van der Waals surface area contributed by atoms with E-state index < -0.39 is 23.8 Å². The SMILES string of the molecule is CC(=O)CC(=O)NC1CC(=O)NC1=O. The second kappa shape index (κ2) is 3.99. The Hall–Kier alpha value is -1.72. The molecule has 0 bridgehead atoms. The molecule has 0 saturated carbocycles. The third-order valence-electron chi connectivity index (χ3n) is 1.71. The lowest BCUT2D eigenvalue weighted by Gasteiger charge is -2.07. The molecule has 2 N–H and O–H groups in total. The molecule has 1 rings (SSSR count). The maximum atomic E-state index is 11.0. The Morgan fingerprint density at radius 3 is 2.57 bits per heavy atom. The first-order valence-corrected chi connectivity index (χ1v) is 4.11. The summed E-state index contributed by atoms with van der Waals surface area (Å²) >= 11 is 0. The Morgan fingerprint density at radius 2 is 2.14 bits per heavy atom. The molecule has 0 aromatic heterocycles. The van der Waals surface area contributed by atoms with Gasteiger partial charge in [-0.25, -0.2) is 0 Å². The number of nitrogens with one attached hydrogen (secondary N) is 2. The van der Waals surface area contributed by atoms with Crippen LogP contribution in [0.5, 0.6) is 0 Å². The fourth-order valence-electron chi connectivity index (χ4n) is 1.14. The van der Waals surface area contributed by atoms with E-state index in [4.69, 9.17) is 0 Å². The van der Waals surface area contributed by atoms with Gasteiger partial charge in [0.05, 0.1) is 12.8 Å². The van der Waals surface area contributed by atoms with E-state index in [9.17, 15) is 19.2 Å². The molecular formula is C8H10N2O4. The Bertz CT molecular complexity index is 310. The van der Waals surface area contributed by atoms with Crippen molar-refractivity contribution in [1.82, 2.24) is 10.6 Å². The third-order valence-corrected chi connectivity index (χ3v) is 1.71. The zero-order valence-corrected chi connectivity index (χ0v) is 7.62. The highest BCUT2D eigenvalue weighted by atomic mass is 16.2. The third kappa shape index (κ3) is 2.65. The second-order valence-corrected chi connectivity index (χ2v) is 3.12. The van der Waals surface area contributed by atoms with Gasteiger partial charge in [-0.1, -0.05) is 0 Å². The van der Waals surface area contributed by atoms with Crippen molar-refractivity contribution in [2.75, 3.05) is 0 Å². The normalized spacial score (nSPS) is 20.5. The molecule has 1 heterocycles. The van der Waals surface area contributed by atoms with Crippen LogP contribution in [0, 0.1) is 0 Å². The molecule has 1 aliphatic rings. The summed E-state index contributed by atoms with van der Waals surface area (Å²) < 4.78 is 0. The van der Waals surface area contributed by atoms with Crippen molar-refractivity contribution in [3.63, 3.8) is 0 Å². The standard InChI is InChI=1S/C8H10N2O4/c1-4(11)2-6(12)9-5-3-7(13)10-8(5)14/h5H,2-3H2,1H3,(H,9,12)(H,10,13,14). The Balaban J connectivity index is 2.45. The zero-order valence-electron chi connectivity index (χ0n) is 7.62. The summed E-state index contributed by atoms with van der Waals surface area (Å²) in [4.78, 5) is 43.3. The molecule has 6 nitrogen and oxygen atoms in total. The smallest absolute Gasteiger partial charge is 0.249 e. The quantitative estimate of drug-likeness (QED) is 0.426. The van der Waals surface area contributed by atoms with Gasteiger partial charge in [-0.05, 0) is 6.92 Å². The summed E-state index contributed by atoms with van der Waals surface area (Å²) in [6.07, 6.45) is -0.319. The van der Waals surface area contributed by atoms with Gasteiger partial charge in [-0.2, -0.15) is 0 Å². The van der Waals surface area contributed by atoms with Gasteiger partial charge < -0.3 is 5.32 Å². The minimum Gasteiger partial charge on any atom is -0.343 e. The van der Waals surface area contributed by atoms with E-state index in [2.05, 4.69) is 5.32 Å². The van der Waals surface area contributed by atoms with Crippen LogP contribution in [0.25, 0.3) is 0 Å². The average Bonchev–Trinajstić information content (AvgIpc) is 2.28. The van der Waals surface area contributed by atoms with Crippen LogP contribution in [0.1, 0.15) is 19.8 Å². The number of imide groups is 1. The molecule has 1 atom stereocenters. The van der Waals surface area contributed by atoms with E-state index in [1.165, 1.54) is 6.92 Å². The van der Waals surface area contributed by atoms with Gasteiger partial charge in [0.25, 0.3) is 0 Å². The summed E-state index contributed by atoms with van der Waals surface area (Å²) in [6, 6.07) is -0.825. The molecule has 14 heavy (non-hydrogen) atoms. The first kappa shape index (κ1) is 10.4. The number of carbonyl (C=O) groups excluding carboxylic acids is 4. The predicted octanol–water partition coefficient (Wildman–Crippen LogP) is -1.50. The van der Waals surface area contributed by atoms with Crippen LogP contribution < -0.4 is 10.6 Å². The fourth-order valence-corrected chi connectivity index (χ4v) is 1.14. The molecule has 1 saturated heterocycles. The molecule has 0 aliphatic carbocycles. The Morgan fingerprint density at radius 1 is 1.50 bits per heavy atom. The van der Waals surface area contributed by atoms with Crippen molar-refractivity contribution in [2.24, 2.45) is 0 Å². The number of hydrogen-bond donors (Lipinski definition) is 2. The maximum Gasteiger partial charge on any atom is 0.249 e. The fraction of sp³-hybridized carbons (Fsp3) is 0.500. The first-order chi connectivity index (χ1) is 6.49. The number of hydrogen-bond acceptors (Lipinski definition) is 4. The first-order valence-electron chi connectivity index (χ1n) is 4.11. The molecule has 1 fully saturated rings. The van der Waals surface area contributed by atoms with Gasteiger partial charge in [0.2, 0.25) is 17.7 Å². The van der Waals surface area contributed by atoms with E-state index in [-0.39, 0.29) is 18.6 Å². The van der Waals surface area contributed by atoms with Crippen LogP contribution in [0.2, 0.25) is 0 Å². The monoisotopic (exact) mass is 198 g/mol. The predicted molar refractivity (Wildman–Crippen MR) is 45.0 cm³/mol. The molecule has 0 aromatic carbocycles. The van der Waals surface area contributed by atoms with E-state index in [0.717, 1.165) is 0 Å². The number of rotatable bonds is 3. The van der Waals surface area contributed by atoms with Crippen LogP contribution in [0.3, 0.4) is 0 Å². The van der Waals surface area contributed by atoms with Crippen LogP contribution in [0.15, 0.2) is 0 Å². The zero-order chi connectivity index (χ0) is 10.7. The lowest BCUT2D eigenvalue weighted by molar-refractivity contribution is -0.131. The second-order valence-electron chi connectivity index (χ2n) is 3.12. The largest absolute Gasteiger partial charge is 0.343 e. The molecule has 0 radical (unpaired) electrons. The summed E-state index contributed by atoms with van der Waals surface area (Å²) in [5.41, 5.74) is 0. The Labute approximate surface area is 80.0 Å². The number of amides is 3. The van der Waals surface area contributed by atoms with E-state index in [0.29, 0.717) is 0 Å². The summed E-state index contributed by atoms with van der Waals surface area (Å²) in [5, 5.41) is 4.35. The highest BCUT2D eigenvalue weighted by Gasteiger charge is 2.31. The Kier molecular flexibility index (Phi) is 2.95. The van der Waals surface area contributed by atoms with Gasteiger partial charge in [0.1, 0.15) is 11.8 Å².